The topological polar surface area (TPSA) is 57.5 Å². The molecule has 1 aromatic carbocycles. The maximum Gasteiger partial charge on any atom is 0.314 e. The van der Waals surface area contributed by atoms with Gasteiger partial charge in [0.1, 0.15) is 0 Å². The number of carboxylic acids is 1. The lowest BCUT2D eigenvalue weighted by molar-refractivity contribution is -0.147. The third kappa shape index (κ3) is 1.84. The third-order valence-corrected chi connectivity index (χ3v) is 3.72. The van der Waals surface area contributed by atoms with Gasteiger partial charge in [-0.05, 0) is 37.8 Å². The summed E-state index contributed by atoms with van der Waals surface area (Å²) in [6, 6.07) is 7.33. The number of benzene rings is 1. The summed E-state index contributed by atoms with van der Waals surface area (Å²) in [5, 5.41) is 19.6. The van der Waals surface area contributed by atoms with Crippen LogP contribution in [0, 0.1) is 0 Å². The van der Waals surface area contributed by atoms with Gasteiger partial charge in [-0.25, -0.2) is 0 Å². The molecule has 1 aliphatic rings. The average Bonchev–Trinajstić information content (AvgIpc) is 2.14. The third-order valence-electron chi connectivity index (χ3n) is 3.72. The van der Waals surface area contributed by atoms with Gasteiger partial charge in [-0.3, -0.25) is 4.79 Å². The summed E-state index contributed by atoms with van der Waals surface area (Å²) in [5.41, 5.74) is -0.293. The molecule has 1 aromatic rings. The molecule has 0 saturated heterocycles. The second-order valence-corrected chi connectivity index (χ2v) is 5.35. The zero-order valence-electron chi connectivity index (χ0n) is 10.2. The Labute approximate surface area is 101 Å². The van der Waals surface area contributed by atoms with Crippen molar-refractivity contribution in [2.45, 2.75) is 44.1 Å². The van der Waals surface area contributed by atoms with Crippen molar-refractivity contribution in [3.8, 4) is 0 Å². The predicted molar refractivity (Wildman–Crippen MR) is 64.9 cm³/mol. The van der Waals surface area contributed by atoms with Gasteiger partial charge in [-0.1, -0.05) is 30.7 Å². The lowest BCUT2D eigenvalue weighted by Crippen LogP contribution is -2.44. The molecule has 3 heteroatoms. The quantitative estimate of drug-likeness (QED) is 0.844. The van der Waals surface area contributed by atoms with E-state index in [1.165, 1.54) is 0 Å². The van der Waals surface area contributed by atoms with Gasteiger partial charge in [0.05, 0.1) is 11.0 Å². The number of aliphatic hydroxyl groups is 1. The Balaban J connectivity index is 2.56. The van der Waals surface area contributed by atoms with E-state index in [0.717, 1.165) is 17.5 Å². The molecule has 0 unspecified atom stereocenters. The Morgan fingerprint density at radius 3 is 2.29 bits per heavy atom. The first-order chi connectivity index (χ1) is 7.88. The smallest absolute Gasteiger partial charge is 0.314 e. The highest BCUT2D eigenvalue weighted by Gasteiger charge is 2.48. The molecule has 0 amide bonds. The van der Waals surface area contributed by atoms with E-state index < -0.39 is 17.0 Å². The van der Waals surface area contributed by atoms with E-state index in [1.807, 2.05) is 24.3 Å². The van der Waals surface area contributed by atoms with Gasteiger partial charge in [-0.15, -0.1) is 0 Å². The Morgan fingerprint density at radius 2 is 1.88 bits per heavy atom. The molecule has 0 aliphatic heterocycles. The molecule has 0 aromatic heterocycles. The molecule has 0 bridgehead atoms. The SMILES string of the molecule is CC(C)(O)c1ccccc1C1(C(=O)O)CCC1. The summed E-state index contributed by atoms with van der Waals surface area (Å²) >= 11 is 0. The molecule has 0 heterocycles. The van der Waals surface area contributed by atoms with E-state index in [4.69, 9.17) is 0 Å². The molecule has 1 saturated carbocycles. The number of carboxylic acid groups (broad SMARTS) is 1. The van der Waals surface area contributed by atoms with Crippen LogP contribution in [0.4, 0.5) is 0 Å². The molecule has 2 rings (SSSR count). The van der Waals surface area contributed by atoms with Gasteiger partial charge < -0.3 is 10.2 Å². The van der Waals surface area contributed by atoms with Crippen LogP contribution in [-0.2, 0) is 15.8 Å². The number of hydrogen-bond acceptors (Lipinski definition) is 2. The maximum absolute atomic E-state index is 11.5. The molecule has 2 N–H and O–H groups in total. The minimum Gasteiger partial charge on any atom is -0.481 e. The molecule has 0 radical (unpaired) electrons. The monoisotopic (exact) mass is 234 g/mol. The molecule has 0 spiro atoms. The number of rotatable bonds is 3. The fourth-order valence-corrected chi connectivity index (χ4v) is 2.56. The molecular formula is C14H18O3. The van der Waals surface area contributed by atoms with Crippen LogP contribution in [0.25, 0.3) is 0 Å². The highest BCUT2D eigenvalue weighted by Crippen LogP contribution is 2.46. The van der Waals surface area contributed by atoms with Gasteiger partial charge in [0.25, 0.3) is 0 Å². The summed E-state index contributed by atoms with van der Waals surface area (Å²) in [6.45, 7) is 3.39. The lowest BCUT2D eigenvalue weighted by atomic mass is 9.62. The van der Waals surface area contributed by atoms with Gasteiger partial charge >= 0.3 is 5.97 Å². The van der Waals surface area contributed by atoms with E-state index in [0.29, 0.717) is 12.8 Å². The first-order valence-corrected chi connectivity index (χ1v) is 5.94. The summed E-state index contributed by atoms with van der Waals surface area (Å²) < 4.78 is 0. The zero-order chi connectivity index (χ0) is 12.7. The zero-order valence-corrected chi connectivity index (χ0v) is 10.2. The van der Waals surface area contributed by atoms with Crippen LogP contribution in [0.1, 0.15) is 44.2 Å². The van der Waals surface area contributed by atoms with Crippen LogP contribution < -0.4 is 0 Å². The Kier molecular flexibility index (Phi) is 2.74. The maximum atomic E-state index is 11.5. The average molecular weight is 234 g/mol. The van der Waals surface area contributed by atoms with E-state index in [-0.39, 0.29) is 0 Å². The van der Waals surface area contributed by atoms with E-state index in [9.17, 15) is 15.0 Å². The van der Waals surface area contributed by atoms with Crippen molar-refractivity contribution in [3.63, 3.8) is 0 Å². The minimum absolute atomic E-state index is 0.662. The van der Waals surface area contributed by atoms with E-state index in [1.54, 1.807) is 13.8 Å². The van der Waals surface area contributed by atoms with Gasteiger partial charge in [0, 0.05) is 0 Å². The summed E-state index contributed by atoms with van der Waals surface area (Å²) in [5.74, 6) is -0.777. The number of hydrogen-bond donors (Lipinski definition) is 2. The van der Waals surface area contributed by atoms with Crippen LogP contribution >= 0.6 is 0 Å². The standard InChI is InChI=1S/C14H18O3/c1-13(2,17)10-6-3-4-7-11(10)14(12(15)16)8-5-9-14/h3-4,6-7,17H,5,8-9H2,1-2H3,(H,15,16). The molecule has 1 fully saturated rings. The van der Waals surface area contributed by atoms with E-state index in [2.05, 4.69) is 0 Å². The first-order valence-electron chi connectivity index (χ1n) is 5.94. The minimum atomic E-state index is -1.01. The van der Waals surface area contributed by atoms with Crippen molar-refractivity contribution in [2.75, 3.05) is 0 Å². The number of carbonyl (C=O) groups is 1. The molecule has 17 heavy (non-hydrogen) atoms. The van der Waals surface area contributed by atoms with Crippen molar-refractivity contribution in [2.24, 2.45) is 0 Å². The second kappa shape index (κ2) is 3.84. The van der Waals surface area contributed by atoms with Crippen molar-refractivity contribution in [1.82, 2.24) is 0 Å². The Bertz CT molecular complexity index is 439. The highest BCUT2D eigenvalue weighted by molar-refractivity contribution is 5.83. The first kappa shape index (κ1) is 12.1. The van der Waals surface area contributed by atoms with Crippen LogP contribution in [-0.4, -0.2) is 16.2 Å². The lowest BCUT2D eigenvalue weighted by Gasteiger charge is -2.41. The summed E-state index contributed by atoms with van der Waals surface area (Å²) in [7, 11) is 0. The second-order valence-electron chi connectivity index (χ2n) is 5.35. The van der Waals surface area contributed by atoms with Crippen LogP contribution in [0.3, 0.4) is 0 Å². The van der Waals surface area contributed by atoms with Crippen LogP contribution in [0.2, 0.25) is 0 Å². The molecule has 0 atom stereocenters. The molecule has 92 valence electrons. The van der Waals surface area contributed by atoms with Crippen molar-refractivity contribution < 1.29 is 15.0 Å². The fourth-order valence-electron chi connectivity index (χ4n) is 2.56. The van der Waals surface area contributed by atoms with Crippen LogP contribution in [0.15, 0.2) is 24.3 Å². The van der Waals surface area contributed by atoms with E-state index >= 15 is 0 Å². The molecule has 3 nitrogen and oxygen atoms in total. The van der Waals surface area contributed by atoms with Gasteiger partial charge in [0.15, 0.2) is 0 Å². The Hall–Kier alpha value is -1.35. The largest absolute Gasteiger partial charge is 0.481 e. The number of aliphatic carboxylic acids is 1. The highest BCUT2D eigenvalue weighted by atomic mass is 16.4. The fraction of sp³-hybridized carbons (Fsp3) is 0.500. The summed E-state index contributed by atoms with van der Waals surface area (Å²) in [6.07, 6.45) is 2.26. The van der Waals surface area contributed by atoms with Crippen molar-refractivity contribution in [3.05, 3.63) is 35.4 Å². The van der Waals surface area contributed by atoms with Crippen molar-refractivity contribution in [1.29, 1.82) is 0 Å². The predicted octanol–water partition coefficient (Wildman–Crippen LogP) is 2.42. The molecular weight excluding hydrogens is 216 g/mol. The molecule has 1 aliphatic carbocycles. The normalized spacial score (nSPS) is 18.5. The van der Waals surface area contributed by atoms with Gasteiger partial charge in [0.2, 0.25) is 0 Å². The Morgan fingerprint density at radius 1 is 1.29 bits per heavy atom. The van der Waals surface area contributed by atoms with Crippen LogP contribution in [0.5, 0.6) is 0 Å². The van der Waals surface area contributed by atoms with Crippen molar-refractivity contribution >= 4 is 5.97 Å². The van der Waals surface area contributed by atoms with Gasteiger partial charge in [-0.2, -0.15) is 0 Å². The summed E-state index contributed by atoms with van der Waals surface area (Å²) in [4.78, 5) is 11.5.